The van der Waals surface area contributed by atoms with Crippen molar-refractivity contribution in [1.29, 1.82) is 0 Å². The van der Waals surface area contributed by atoms with Gasteiger partial charge in [0.05, 0.1) is 10.6 Å². The smallest absolute Gasteiger partial charge is 0.266 e. The monoisotopic (exact) mass is 354 g/mol. The molecular weight excluding hydrogens is 336 g/mol. The first-order valence-corrected chi connectivity index (χ1v) is 9.78. The lowest BCUT2D eigenvalue weighted by molar-refractivity contribution is 0.0734. The lowest BCUT2D eigenvalue weighted by atomic mass is 10.2. The van der Waals surface area contributed by atoms with E-state index < -0.39 is 0 Å². The summed E-state index contributed by atoms with van der Waals surface area (Å²) in [5, 5.41) is 2.99. The van der Waals surface area contributed by atoms with Gasteiger partial charge in [0.25, 0.3) is 5.91 Å². The number of benzene rings is 1. The van der Waals surface area contributed by atoms with Gasteiger partial charge in [0.2, 0.25) is 0 Å². The minimum atomic E-state index is 0.124. The number of thiazole rings is 1. The number of hydrogen-bond acceptors (Lipinski definition) is 4. The zero-order valence-electron chi connectivity index (χ0n) is 13.4. The molecule has 1 saturated carbocycles. The van der Waals surface area contributed by atoms with Gasteiger partial charge in [-0.3, -0.25) is 4.79 Å². The summed E-state index contributed by atoms with van der Waals surface area (Å²) in [7, 11) is 0. The lowest BCUT2D eigenvalue weighted by Gasteiger charge is -2.22. The van der Waals surface area contributed by atoms with Crippen LogP contribution in [0, 0.1) is 6.92 Å². The normalized spacial score (nSPS) is 13.9. The number of hydrogen-bond donors (Lipinski definition) is 0. The molecule has 2 aromatic heterocycles. The van der Waals surface area contributed by atoms with Crippen LogP contribution in [0.1, 0.15) is 33.8 Å². The van der Waals surface area contributed by atoms with Gasteiger partial charge in [0.15, 0.2) is 0 Å². The summed E-state index contributed by atoms with van der Waals surface area (Å²) in [5.41, 5.74) is 2.02. The fourth-order valence-corrected chi connectivity index (χ4v) is 4.58. The molecule has 0 bridgehead atoms. The summed E-state index contributed by atoms with van der Waals surface area (Å²) >= 11 is 3.18. The number of aryl methyl sites for hydroxylation is 1. The zero-order chi connectivity index (χ0) is 16.5. The molecule has 0 atom stereocenters. The fourth-order valence-electron chi connectivity index (χ4n) is 2.76. The highest BCUT2D eigenvalue weighted by Crippen LogP contribution is 2.35. The molecule has 0 N–H and O–H groups in total. The second kappa shape index (κ2) is 6.49. The average molecular weight is 355 g/mol. The summed E-state index contributed by atoms with van der Waals surface area (Å²) in [5.74, 6) is 0.124. The second-order valence-electron chi connectivity index (χ2n) is 6.06. The van der Waals surface area contributed by atoms with E-state index in [0.29, 0.717) is 12.6 Å². The van der Waals surface area contributed by atoms with Crippen LogP contribution in [0.15, 0.2) is 47.8 Å². The minimum Gasteiger partial charge on any atom is -0.331 e. The molecule has 4 rings (SSSR count). The molecule has 5 heteroatoms. The Morgan fingerprint density at radius 2 is 2.00 bits per heavy atom. The van der Waals surface area contributed by atoms with Crippen LogP contribution in [0.5, 0.6) is 0 Å². The van der Waals surface area contributed by atoms with Gasteiger partial charge in [-0.05, 0) is 36.8 Å². The van der Waals surface area contributed by atoms with E-state index in [2.05, 4.69) is 23.2 Å². The minimum absolute atomic E-state index is 0.124. The van der Waals surface area contributed by atoms with Gasteiger partial charge in [0.1, 0.15) is 9.88 Å². The maximum absolute atomic E-state index is 13.1. The van der Waals surface area contributed by atoms with Crippen molar-refractivity contribution in [2.75, 3.05) is 0 Å². The van der Waals surface area contributed by atoms with E-state index in [0.717, 1.165) is 33.3 Å². The topological polar surface area (TPSA) is 33.2 Å². The van der Waals surface area contributed by atoms with Gasteiger partial charge >= 0.3 is 0 Å². The van der Waals surface area contributed by atoms with Gasteiger partial charge in [0, 0.05) is 12.6 Å². The van der Waals surface area contributed by atoms with Crippen molar-refractivity contribution < 1.29 is 4.79 Å². The number of nitrogens with zero attached hydrogens (tertiary/aromatic N) is 2. The Bertz CT molecular complexity index is 836. The maximum atomic E-state index is 13.1. The summed E-state index contributed by atoms with van der Waals surface area (Å²) in [6.45, 7) is 2.62. The number of amides is 1. The number of carbonyl (C=O) groups excluding carboxylic acids is 1. The molecule has 2 heterocycles. The van der Waals surface area contributed by atoms with Crippen molar-refractivity contribution in [3.8, 4) is 9.88 Å². The Morgan fingerprint density at radius 1 is 1.21 bits per heavy atom. The van der Waals surface area contributed by atoms with Gasteiger partial charge in [-0.1, -0.05) is 36.4 Å². The third kappa shape index (κ3) is 3.14. The van der Waals surface area contributed by atoms with Crippen LogP contribution < -0.4 is 0 Å². The van der Waals surface area contributed by atoms with Crippen LogP contribution in [-0.2, 0) is 6.54 Å². The van der Waals surface area contributed by atoms with E-state index in [1.165, 1.54) is 16.9 Å². The molecule has 1 aliphatic carbocycles. The van der Waals surface area contributed by atoms with E-state index in [9.17, 15) is 4.79 Å². The van der Waals surface area contributed by atoms with E-state index >= 15 is 0 Å². The highest BCUT2D eigenvalue weighted by atomic mass is 32.1. The van der Waals surface area contributed by atoms with Crippen LogP contribution in [-0.4, -0.2) is 21.8 Å². The summed E-state index contributed by atoms with van der Waals surface area (Å²) in [6, 6.07) is 14.7. The first-order chi connectivity index (χ1) is 11.7. The summed E-state index contributed by atoms with van der Waals surface area (Å²) in [4.78, 5) is 21.7. The summed E-state index contributed by atoms with van der Waals surface area (Å²) in [6.07, 6.45) is 2.21. The van der Waals surface area contributed by atoms with Crippen molar-refractivity contribution in [3.63, 3.8) is 0 Å². The number of thiophene rings is 1. The molecule has 3 nitrogen and oxygen atoms in total. The Morgan fingerprint density at radius 3 is 2.67 bits per heavy atom. The molecule has 0 aliphatic heterocycles. The highest BCUT2D eigenvalue weighted by molar-refractivity contribution is 7.22. The van der Waals surface area contributed by atoms with Crippen molar-refractivity contribution in [2.45, 2.75) is 32.4 Å². The molecule has 1 amide bonds. The first kappa shape index (κ1) is 15.5. The largest absolute Gasteiger partial charge is 0.331 e. The number of carbonyl (C=O) groups is 1. The molecule has 24 heavy (non-hydrogen) atoms. The van der Waals surface area contributed by atoms with Crippen molar-refractivity contribution in [1.82, 2.24) is 9.88 Å². The third-order valence-corrected chi connectivity index (χ3v) is 6.35. The Kier molecular flexibility index (Phi) is 4.21. The van der Waals surface area contributed by atoms with Crippen molar-refractivity contribution >= 4 is 28.6 Å². The quantitative estimate of drug-likeness (QED) is 0.647. The Balaban J connectivity index is 1.61. The molecular formula is C19H18N2OS2. The predicted octanol–water partition coefficient (Wildman–Crippen LogP) is 4.98. The van der Waals surface area contributed by atoms with Crippen LogP contribution in [0.2, 0.25) is 0 Å². The van der Waals surface area contributed by atoms with Gasteiger partial charge < -0.3 is 4.90 Å². The SMILES string of the molecule is Cc1nc(-c2cccs2)sc1C(=O)N(Cc1ccccc1)C1CC1. The predicted molar refractivity (Wildman–Crippen MR) is 99.5 cm³/mol. The van der Waals surface area contributed by atoms with Crippen LogP contribution in [0.4, 0.5) is 0 Å². The lowest BCUT2D eigenvalue weighted by Crippen LogP contribution is -2.32. The van der Waals surface area contributed by atoms with Gasteiger partial charge in [-0.25, -0.2) is 4.98 Å². The molecule has 1 aliphatic rings. The number of aromatic nitrogens is 1. The maximum Gasteiger partial charge on any atom is 0.266 e. The van der Waals surface area contributed by atoms with Crippen molar-refractivity contribution in [2.24, 2.45) is 0 Å². The zero-order valence-corrected chi connectivity index (χ0v) is 15.1. The first-order valence-electron chi connectivity index (χ1n) is 8.08. The molecule has 1 aromatic carbocycles. The molecule has 0 saturated heterocycles. The highest BCUT2D eigenvalue weighted by Gasteiger charge is 2.34. The third-order valence-electron chi connectivity index (χ3n) is 4.17. The van der Waals surface area contributed by atoms with Crippen molar-refractivity contribution in [3.05, 3.63) is 64.0 Å². The Labute approximate surface area is 149 Å². The fraction of sp³-hybridized carbons (Fsp3) is 0.263. The van der Waals surface area contributed by atoms with Gasteiger partial charge in [-0.2, -0.15) is 0 Å². The van der Waals surface area contributed by atoms with Crippen LogP contribution in [0.25, 0.3) is 9.88 Å². The van der Waals surface area contributed by atoms with E-state index in [-0.39, 0.29) is 5.91 Å². The van der Waals surface area contributed by atoms with E-state index in [1.807, 2.05) is 41.5 Å². The second-order valence-corrected chi connectivity index (χ2v) is 8.01. The van der Waals surface area contributed by atoms with Crippen LogP contribution in [0.3, 0.4) is 0 Å². The standard InChI is InChI=1S/C19H18N2OS2/c1-13-17(24-18(20-13)16-8-5-11-23-16)19(22)21(15-9-10-15)12-14-6-3-2-4-7-14/h2-8,11,15H,9-10,12H2,1H3. The van der Waals surface area contributed by atoms with Gasteiger partial charge in [-0.15, -0.1) is 22.7 Å². The van der Waals surface area contributed by atoms with E-state index in [1.54, 1.807) is 11.3 Å². The average Bonchev–Trinajstić information content (AvgIpc) is 3.14. The molecule has 122 valence electrons. The van der Waals surface area contributed by atoms with E-state index in [4.69, 9.17) is 0 Å². The Hall–Kier alpha value is -1.98. The summed E-state index contributed by atoms with van der Waals surface area (Å²) < 4.78 is 0. The molecule has 3 aromatic rings. The molecule has 0 unspecified atom stereocenters. The molecule has 0 radical (unpaired) electrons. The number of rotatable bonds is 5. The molecule has 0 spiro atoms. The molecule has 1 fully saturated rings. The van der Waals surface area contributed by atoms with Crippen LogP contribution >= 0.6 is 22.7 Å².